The molecule has 0 saturated carbocycles. The van der Waals surface area contributed by atoms with Gasteiger partial charge < -0.3 is 5.32 Å². The third kappa shape index (κ3) is 2.71. The molecule has 2 nitrogen and oxygen atoms in total. The highest BCUT2D eigenvalue weighted by molar-refractivity contribution is 9.10. The Balaban J connectivity index is 2.28. The normalized spacial score (nSPS) is 10.2. The standard InChI is InChI=1S/C13H8BrClFNO/c14-9-5-3-4-8(12(9)16)13(18)17-11-7-2-1-6-10(11)15/h1-7H,(H,17,18). The molecule has 0 atom stereocenters. The Morgan fingerprint density at radius 3 is 2.61 bits per heavy atom. The van der Waals surface area contributed by atoms with Gasteiger partial charge in [-0.15, -0.1) is 0 Å². The number of carbonyl (C=O) groups excluding carboxylic acids is 1. The molecule has 0 aliphatic carbocycles. The van der Waals surface area contributed by atoms with Crippen LogP contribution < -0.4 is 5.32 Å². The van der Waals surface area contributed by atoms with Crippen LogP contribution in [0.1, 0.15) is 10.4 Å². The van der Waals surface area contributed by atoms with Crippen LogP contribution in [0, 0.1) is 5.82 Å². The van der Waals surface area contributed by atoms with Crippen molar-refractivity contribution in [3.8, 4) is 0 Å². The Labute approximate surface area is 117 Å². The van der Waals surface area contributed by atoms with E-state index < -0.39 is 11.7 Å². The van der Waals surface area contributed by atoms with Crippen LogP contribution in [-0.2, 0) is 0 Å². The Morgan fingerprint density at radius 2 is 1.89 bits per heavy atom. The number of amides is 1. The maximum atomic E-state index is 13.7. The van der Waals surface area contributed by atoms with E-state index in [2.05, 4.69) is 21.2 Å². The number of hydrogen-bond acceptors (Lipinski definition) is 1. The summed E-state index contributed by atoms with van der Waals surface area (Å²) in [6.07, 6.45) is 0. The lowest BCUT2D eigenvalue weighted by Gasteiger charge is -2.08. The Morgan fingerprint density at radius 1 is 1.17 bits per heavy atom. The third-order valence-corrected chi connectivity index (χ3v) is 3.26. The molecule has 5 heteroatoms. The van der Waals surface area contributed by atoms with Gasteiger partial charge in [0.15, 0.2) is 0 Å². The highest BCUT2D eigenvalue weighted by Gasteiger charge is 2.14. The van der Waals surface area contributed by atoms with Crippen molar-refractivity contribution in [2.45, 2.75) is 0 Å². The number of anilines is 1. The van der Waals surface area contributed by atoms with Crippen LogP contribution in [0.15, 0.2) is 46.9 Å². The van der Waals surface area contributed by atoms with Gasteiger partial charge in [0.2, 0.25) is 0 Å². The molecule has 0 heterocycles. The SMILES string of the molecule is O=C(Nc1ccccc1Cl)c1cccc(Br)c1F. The second kappa shape index (κ2) is 5.50. The van der Waals surface area contributed by atoms with Crippen LogP contribution >= 0.6 is 27.5 Å². The quantitative estimate of drug-likeness (QED) is 0.864. The average Bonchev–Trinajstić information content (AvgIpc) is 2.35. The maximum absolute atomic E-state index is 13.7. The predicted octanol–water partition coefficient (Wildman–Crippen LogP) is 4.49. The van der Waals surface area contributed by atoms with Crippen LogP contribution in [0.2, 0.25) is 5.02 Å². The average molecular weight is 329 g/mol. The first-order valence-corrected chi connectivity index (χ1v) is 6.26. The number of benzene rings is 2. The fraction of sp³-hybridized carbons (Fsp3) is 0. The summed E-state index contributed by atoms with van der Waals surface area (Å²) in [7, 11) is 0. The molecular weight excluding hydrogens is 321 g/mol. The molecule has 92 valence electrons. The van der Waals surface area contributed by atoms with Crippen molar-refractivity contribution in [3.05, 3.63) is 63.3 Å². The molecule has 0 fully saturated rings. The topological polar surface area (TPSA) is 29.1 Å². The maximum Gasteiger partial charge on any atom is 0.258 e. The summed E-state index contributed by atoms with van der Waals surface area (Å²) < 4.78 is 14.0. The summed E-state index contributed by atoms with van der Waals surface area (Å²) in [6.45, 7) is 0. The Hall–Kier alpha value is -1.39. The largest absolute Gasteiger partial charge is 0.321 e. The molecule has 2 aromatic rings. The minimum atomic E-state index is -0.595. The second-order valence-corrected chi connectivity index (χ2v) is 4.80. The smallest absolute Gasteiger partial charge is 0.258 e. The van der Waals surface area contributed by atoms with Crippen LogP contribution in [0.4, 0.5) is 10.1 Å². The molecule has 0 bridgehead atoms. The molecule has 18 heavy (non-hydrogen) atoms. The molecule has 1 amide bonds. The summed E-state index contributed by atoms with van der Waals surface area (Å²) in [5.74, 6) is -1.14. The van der Waals surface area contributed by atoms with Gasteiger partial charge in [-0.05, 0) is 40.2 Å². The van der Waals surface area contributed by atoms with Crippen LogP contribution in [-0.4, -0.2) is 5.91 Å². The van der Waals surface area contributed by atoms with Gasteiger partial charge in [0, 0.05) is 0 Å². The highest BCUT2D eigenvalue weighted by Crippen LogP contribution is 2.23. The van der Waals surface area contributed by atoms with Gasteiger partial charge in [0.05, 0.1) is 20.7 Å². The van der Waals surface area contributed by atoms with E-state index in [0.717, 1.165) is 0 Å². The molecule has 0 unspecified atom stereocenters. The number of halogens is 3. The van der Waals surface area contributed by atoms with Crippen molar-refractivity contribution in [3.63, 3.8) is 0 Å². The molecule has 0 spiro atoms. The molecule has 0 radical (unpaired) electrons. The van der Waals surface area contributed by atoms with Crippen LogP contribution in [0.5, 0.6) is 0 Å². The Kier molecular flexibility index (Phi) is 3.99. The van der Waals surface area contributed by atoms with Gasteiger partial charge >= 0.3 is 0 Å². The van der Waals surface area contributed by atoms with Gasteiger partial charge in [-0.2, -0.15) is 0 Å². The van der Waals surface area contributed by atoms with Crippen molar-refractivity contribution in [1.82, 2.24) is 0 Å². The first-order chi connectivity index (χ1) is 8.59. The molecule has 0 aromatic heterocycles. The molecule has 0 aliphatic rings. The fourth-order valence-corrected chi connectivity index (χ4v) is 1.98. The fourth-order valence-electron chi connectivity index (χ4n) is 1.43. The van der Waals surface area contributed by atoms with Crippen molar-refractivity contribution < 1.29 is 9.18 Å². The first-order valence-electron chi connectivity index (χ1n) is 5.09. The van der Waals surface area contributed by atoms with E-state index in [-0.39, 0.29) is 10.0 Å². The number of rotatable bonds is 2. The predicted molar refractivity (Wildman–Crippen MR) is 73.5 cm³/mol. The van der Waals surface area contributed by atoms with E-state index in [0.29, 0.717) is 10.7 Å². The zero-order valence-corrected chi connectivity index (χ0v) is 11.4. The van der Waals surface area contributed by atoms with Gasteiger partial charge in [-0.3, -0.25) is 4.79 Å². The van der Waals surface area contributed by atoms with Crippen molar-refractivity contribution >= 4 is 39.1 Å². The summed E-state index contributed by atoms with van der Waals surface area (Å²) in [6, 6.07) is 11.3. The lowest BCUT2D eigenvalue weighted by Crippen LogP contribution is -2.14. The van der Waals surface area contributed by atoms with E-state index in [1.807, 2.05) is 0 Å². The number of nitrogens with one attached hydrogen (secondary N) is 1. The van der Waals surface area contributed by atoms with Crippen molar-refractivity contribution in [1.29, 1.82) is 0 Å². The Bertz CT molecular complexity index is 603. The summed E-state index contributed by atoms with van der Waals surface area (Å²) >= 11 is 8.94. The highest BCUT2D eigenvalue weighted by atomic mass is 79.9. The van der Waals surface area contributed by atoms with Crippen molar-refractivity contribution in [2.75, 3.05) is 5.32 Å². The van der Waals surface area contributed by atoms with Crippen molar-refractivity contribution in [2.24, 2.45) is 0 Å². The lowest BCUT2D eigenvalue weighted by molar-refractivity contribution is 0.102. The number of hydrogen-bond donors (Lipinski definition) is 1. The summed E-state index contributed by atoms with van der Waals surface area (Å²) in [5.41, 5.74) is 0.410. The monoisotopic (exact) mass is 327 g/mol. The minimum Gasteiger partial charge on any atom is -0.321 e. The first kappa shape index (κ1) is 13.1. The van der Waals surface area contributed by atoms with E-state index >= 15 is 0 Å². The molecule has 1 N–H and O–H groups in total. The lowest BCUT2D eigenvalue weighted by atomic mass is 10.2. The van der Waals surface area contributed by atoms with Gasteiger partial charge in [0.1, 0.15) is 5.82 Å². The van der Waals surface area contributed by atoms with Crippen LogP contribution in [0.25, 0.3) is 0 Å². The summed E-state index contributed by atoms with van der Waals surface area (Å²) in [4.78, 5) is 11.9. The molecule has 2 rings (SSSR count). The zero-order chi connectivity index (χ0) is 13.1. The van der Waals surface area contributed by atoms with E-state index in [4.69, 9.17) is 11.6 Å². The number of carbonyl (C=O) groups is 1. The van der Waals surface area contributed by atoms with E-state index in [1.54, 1.807) is 30.3 Å². The molecule has 2 aromatic carbocycles. The van der Waals surface area contributed by atoms with Gasteiger partial charge in [0.25, 0.3) is 5.91 Å². The minimum absolute atomic E-state index is 0.0377. The summed E-state index contributed by atoms with van der Waals surface area (Å²) in [5, 5.41) is 2.97. The second-order valence-electron chi connectivity index (χ2n) is 3.54. The molecular formula is C13H8BrClFNO. The molecule has 0 saturated heterocycles. The number of para-hydroxylation sites is 1. The third-order valence-electron chi connectivity index (χ3n) is 2.32. The van der Waals surface area contributed by atoms with E-state index in [9.17, 15) is 9.18 Å². The zero-order valence-electron chi connectivity index (χ0n) is 9.08. The van der Waals surface area contributed by atoms with Gasteiger partial charge in [-0.1, -0.05) is 29.8 Å². The van der Waals surface area contributed by atoms with Gasteiger partial charge in [-0.25, -0.2) is 4.39 Å². The van der Waals surface area contributed by atoms with E-state index in [1.165, 1.54) is 12.1 Å². The van der Waals surface area contributed by atoms with Crippen LogP contribution in [0.3, 0.4) is 0 Å². The molecule has 0 aliphatic heterocycles.